The molecule has 0 atom stereocenters. The summed E-state index contributed by atoms with van der Waals surface area (Å²) in [6, 6.07) is 8.47. The van der Waals surface area contributed by atoms with E-state index >= 15 is 0 Å². The van der Waals surface area contributed by atoms with Crippen molar-refractivity contribution >= 4 is 22.4 Å². The highest BCUT2D eigenvalue weighted by molar-refractivity contribution is 5.92. The molecular formula is C21H24FN3O2. The number of nitrogens with zero attached hydrogens (tertiary/aromatic N) is 2. The number of aliphatic hydroxyl groups excluding tert-OH is 1. The zero-order valence-corrected chi connectivity index (χ0v) is 15.8. The molecule has 2 aromatic carbocycles. The molecule has 0 radical (unpaired) electrons. The van der Waals surface area contributed by atoms with Crippen LogP contribution in [0.5, 0.6) is 5.75 Å². The van der Waals surface area contributed by atoms with Crippen molar-refractivity contribution in [2.45, 2.75) is 33.8 Å². The van der Waals surface area contributed by atoms with E-state index < -0.39 is 0 Å². The van der Waals surface area contributed by atoms with Gasteiger partial charge in [-0.05, 0) is 55.2 Å². The lowest BCUT2D eigenvalue weighted by Gasteiger charge is -2.14. The van der Waals surface area contributed by atoms with Gasteiger partial charge in [0.25, 0.3) is 0 Å². The fraction of sp³-hybridized carbons (Fsp3) is 0.333. The quantitative estimate of drug-likeness (QED) is 0.630. The van der Waals surface area contributed by atoms with Gasteiger partial charge in [0.1, 0.15) is 23.7 Å². The lowest BCUT2D eigenvalue weighted by molar-refractivity contribution is 0.255. The Hall–Kier alpha value is -2.73. The van der Waals surface area contributed by atoms with Crippen LogP contribution in [0.15, 0.2) is 36.7 Å². The Balaban J connectivity index is 1.96. The Morgan fingerprint density at radius 3 is 2.70 bits per heavy atom. The van der Waals surface area contributed by atoms with Gasteiger partial charge in [0.05, 0.1) is 18.7 Å². The minimum absolute atomic E-state index is 0.128. The Bertz CT molecular complexity index is 944. The molecule has 0 fully saturated rings. The van der Waals surface area contributed by atoms with Crippen LogP contribution in [0, 0.1) is 18.7 Å². The van der Waals surface area contributed by atoms with Crippen molar-refractivity contribution in [1.82, 2.24) is 9.97 Å². The van der Waals surface area contributed by atoms with Crippen LogP contribution < -0.4 is 10.1 Å². The third kappa shape index (κ3) is 4.52. The Morgan fingerprint density at radius 1 is 1.19 bits per heavy atom. The fourth-order valence-electron chi connectivity index (χ4n) is 2.75. The molecule has 0 aliphatic carbocycles. The summed E-state index contributed by atoms with van der Waals surface area (Å²) in [5, 5.41) is 13.7. The SMILES string of the molecule is Cc1cc(Nc2ncnc3cc(CO)c(OCCC(C)C)cc23)ccc1F. The van der Waals surface area contributed by atoms with Gasteiger partial charge in [-0.3, -0.25) is 0 Å². The Labute approximate surface area is 158 Å². The van der Waals surface area contributed by atoms with E-state index in [0.29, 0.717) is 40.7 Å². The van der Waals surface area contributed by atoms with E-state index in [2.05, 4.69) is 29.1 Å². The first-order valence-corrected chi connectivity index (χ1v) is 9.02. The third-order valence-electron chi connectivity index (χ3n) is 4.36. The highest BCUT2D eigenvalue weighted by atomic mass is 19.1. The number of fused-ring (bicyclic) bond motifs is 1. The lowest BCUT2D eigenvalue weighted by Crippen LogP contribution is -2.04. The van der Waals surface area contributed by atoms with Gasteiger partial charge in [0.15, 0.2) is 0 Å². The molecule has 3 rings (SSSR count). The molecule has 2 N–H and O–H groups in total. The van der Waals surface area contributed by atoms with E-state index in [1.54, 1.807) is 19.1 Å². The molecule has 0 saturated heterocycles. The third-order valence-corrected chi connectivity index (χ3v) is 4.36. The van der Waals surface area contributed by atoms with Crippen LogP contribution in [-0.4, -0.2) is 21.7 Å². The minimum atomic E-state index is -0.249. The number of aliphatic hydroxyl groups is 1. The summed E-state index contributed by atoms with van der Waals surface area (Å²) < 4.78 is 19.4. The van der Waals surface area contributed by atoms with E-state index in [-0.39, 0.29) is 12.4 Å². The van der Waals surface area contributed by atoms with Crippen molar-refractivity contribution < 1.29 is 14.2 Å². The Morgan fingerprint density at radius 2 is 2.00 bits per heavy atom. The standard InChI is InChI=1S/C21H24FN3O2/c1-13(2)6-7-27-20-10-17-19(9-15(20)11-26)23-12-24-21(17)25-16-4-5-18(22)14(3)8-16/h4-5,8-10,12-13,26H,6-7,11H2,1-3H3,(H,23,24,25). The molecule has 142 valence electrons. The molecule has 0 bridgehead atoms. The number of halogens is 1. The zero-order chi connectivity index (χ0) is 19.4. The van der Waals surface area contributed by atoms with Crippen LogP contribution in [0.1, 0.15) is 31.4 Å². The summed E-state index contributed by atoms with van der Waals surface area (Å²) >= 11 is 0. The van der Waals surface area contributed by atoms with Gasteiger partial charge in [-0.1, -0.05) is 13.8 Å². The van der Waals surface area contributed by atoms with E-state index in [1.165, 1.54) is 12.4 Å². The van der Waals surface area contributed by atoms with Crippen LogP contribution in [0.25, 0.3) is 10.9 Å². The highest BCUT2D eigenvalue weighted by Crippen LogP contribution is 2.30. The largest absolute Gasteiger partial charge is 0.493 e. The number of hydrogen-bond acceptors (Lipinski definition) is 5. The predicted molar refractivity (Wildman–Crippen MR) is 105 cm³/mol. The normalized spacial score (nSPS) is 11.2. The van der Waals surface area contributed by atoms with Crippen LogP contribution in [0.2, 0.25) is 0 Å². The molecule has 6 heteroatoms. The van der Waals surface area contributed by atoms with Crippen molar-refractivity contribution in [2.75, 3.05) is 11.9 Å². The summed E-state index contributed by atoms with van der Waals surface area (Å²) in [7, 11) is 0. The van der Waals surface area contributed by atoms with Crippen molar-refractivity contribution in [1.29, 1.82) is 0 Å². The average Bonchev–Trinajstić information content (AvgIpc) is 2.64. The number of anilines is 2. The maximum atomic E-state index is 13.5. The minimum Gasteiger partial charge on any atom is -0.493 e. The van der Waals surface area contributed by atoms with Crippen LogP contribution in [-0.2, 0) is 6.61 Å². The molecule has 0 spiro atoms. The van der Waals surface area contributed by atoms with Crippen molar-refractivity contribution in [2.24, 2.45) is 5.92 Å². The van der Waals surface area contributed by atoms with E-state index in [4.69, 9.17) is 4.74 Å². The number of nitrogens with one attached hydrogen (secondary N) is 1. The number of hydrogen-bond donors (Lipinski definition) is 2. The summed E-state index contributed by atoms with van der Waals surface area (Å²) in [5.41, 5.74) is 2.68. The number of ether oxygens (including phenoxy) is 1. The smallest absolute Gasteiger partial charge is 0.141 e. The van der Waals surface area contributed by atoms with Gasteiger partial charge >= 0.3 is 0 Å². The van der Waals surface area contributed by atoms with Gasteiger partial charge < -0.3 is 15.2 Å². The molecular weight excluding hydrogens is 345 g/mol. The summed E-state index contributed by atoms with van der Waals surface area (Å²) in [4.78, 5) is 8.62. The van der Waals surface area contributed by atoms with Crippen molar-refractivity contribution in [3.05, 3.63) is 53.6 Å². The van der Waals surface area contributed by atoms with Crippen LogP contribution in [0.3, 0.4) is 0 Å². The second-order valence-corrected chi connectivity index (χ2v) is 6.98. The zero-order valence-electron chi connectivity index (χ0n) is 15.8. The van der Waals surface area contributed by atoms with Gasteiger partial charge in [0, 0.05) is 16.6 Å². The highest BCUT2D eigenvalue weighted by Gasteiger charge is 2.12. The molecule has 3 aromatic rings. The van der Waals surface area contributed by atoms with Crippen LogP contribution in [0.4, 0.5) is 15.9 Å². The second-order valence-electron chi connectivity index (χ2n) is 6.98. The molecule has 5 nitrogen and oxygen atoms in total. The van der Waals surface area contributed by atoms with E-state index in [0.717, 1.165) is 17.5 Å². The molecule has 0 aliphatic heterocycles. The number of rotatable bonds is 7. The number of aromatic nitrogens is 2. The first-order chi connectivity index (χ1) is 13.0. The molecule has 1 aromatic heterocycles. The topological polar surface area (TPSA) is 67.3 Å². The first-order valence-electron chi connectivity index (χ1n) is 9.02. The van der Waals surface area contributed by atoms with Gasteiger partial charge in [-0.15, -0.1) is 0 Å². The predicted octanol–water partition coefficient (Wildman–Crippen LogP) is 4.74. The average molecular weight is 369 g/mol. The summed E-state index contributed by atoms with van der Waals surface area (Å²) in [6.07, 6.45) is 2.38. The van der Waals surface area contributed by atoms with Gasteiger partial charge in [0.2, 0.25) is 0 Å². The molecule has 1 heterocycles. The second kappa shape index (κ2) is 8.31. The number of benzene rings is 2. The van der Waals surface area contributed by atoms with E-state index in [9.17, 15) is 9.50 Å². The van der Waals surface area contributed by atoms with Gasteiger partial charge in [-0.2, -0.15) is 0 Å². The fourth-order valence-corrected chi connectivity index (χ4v) is 2.75. The summed E-state index contributed by atoms with van der Waals surface area (Å²) in [6.45, 7) is 6.43. The maximum Gasteiger partial charge on any atom is 0.141 e. The molecule has 27 heavy (non-hydrogen) atoms. The molecule has 0 amide bonds. The molecule has 0 aliphatic rings. The maximum absolute atomic E-state index is 13.5. The first kappa shape index (κ1) is 19.0. The molecule has 0 unspecified atom stereocenters. The molecule has 0 saturated carbocycles. The van der Waals surface area contributed by atoms with Gasteiger partial charge in [-0.25, -0.2) is 14.4 Å². The lowest BCUT2D eigenvalue weighted by atomic mass is 10.1. The van der Waals surface area contributed by atoms with Crippen molar-refractivity contribution in [3.63, 3.8) is 0 Å². The summed E-state index contributed by atoms with van der Waals surface area (Å²) in [5.74, 6) is 1.51. The van der Waals surface area contributed by atoms with Crippen LogP contribution >= 0.6 is 0 Å². The monoisotopic (exact) mass is 369 g/mol. The Kier molecular flexibility index (Phi) is 5.86. The number of aryl methyl sites for hydroxylation is 1. The van der Waals surface area contributed by atoms with Crippen molar-refractivity contribution in [3.8, 4) is 5.75 Å². The van der Waals surface area contributed by atoms with E-state index in [1.807, 2.05) is 12.1 Å².